The zero-order valence-corrected chi connectivity index (χ0v) is 19.7. The van der Waals surface area contributed by atoms with Crippen LogP contribution in [0.5, 0.6) is 17.2 Å². The van der Waals surface area contributed by atoms with Gasteiger partial charge in [-0.05, 0) is 41.5 Å². The van der Waals surface area contributed by atoms with Crippen LogP contribution in [-0.4, -0.2) is 65.5 Å². The van der Waals surface area contributed by atoms with Crippen LogP contribution in [0.15, 0.2) is 53.0 Å². The summed E-state index contributed by atoms with van der Waals surface area (Å²) in [4.78, 5) is 37.7. The molecule has 10 nitrogen and oxygen atoms in total. The molecule has 0 radical (unpaired) electrons. The van der Waals surface area contributed by atoms with Crippen molar-refractivity contribution in [2.24, 2.45) is 5.92 Å². The molecule has 2 rings (SSSR count). The van der Waals surface area contributed by atoms with Gasteiger partial charge in [-0.15, -0.1) is 0 Å². The van der Waals surface area contributed by atoms with Gasteiger partial charge in [0.2, 0.25) is 5.75 Å². The fourth-order valence-electron chi connectivity index (χ4n) is 3.17. The van der Waals surface area contributed by atoms with Crippen molar-refractivity contribution in [3.05, 3.63) is 58.6 Å². The fourth-order valence-corrected chi connectivity index (χ4v) is 3.17. The average Bonchev–Trinajstić information content (AvgIpc) is 2.86. The van der Waals surface area contributed by atoms with E-state index in [2.05, 4.69) is 0 Å². The highest BCUT2D eigenvalue weighted by Crippen LogP contribution is 2.38. The third-order valence-corrected chi connectivity index (χ3v) is 4.88. The first kappa shape index (κ1) is 26.0. The molecule has 34 heavy (non-hydrogen) atoms. The third-order valence-electron chi connectivity index (χ3n) is 4.88. The molecule has 1 atom stereocenters. The fraction of sp³-hybridized carbons (Fsp3) is 0.292. The first-order valence-corrected chi connectivity index (χ1v) is 9.85. The summed E-state index contributed by atoms with van der Waals surface area (Å²) in [5.74, 6) is -3.34. The SMILES string of the molecule is COC(=O)/C(=C/c1cc(OC)c(O)c(OC)c1)[C@H](C=C1C=C(OC)C(=O)C(OC)=C1)C(=O)OC. The lowest BCUT2D eigenvalue weighted by Crippen LogP contribution is -2.23. The van der Waals surface area contributed by atoms with Gasteiger partial charge in [-0.25, -0.2) is 4.79 Å². The van der Waals surface area contributed by atoms with Crippen LogP contribution in [0, 0.1) is 5.92 Å². The van der Waals surface area contributed by atoms with Gasteiger partial charge < -0.3 is 33.5 Å². The predicted octanol–water partition coefficient (Wildman–Crippen LogP) is 2.32. The van der Waals surface area contributed by atoms with Gasteiger partial charge in [0.05, 0.1) is 48.2 Å². The van der Waals surface area contributed by atoms with E-state index in [4.69, 9.17) is 28.4 Å². The van der Waals surface area contributed by atoms with E-state index >= 15 is 0 Å². The molecule has 1 aliphatic rings. The van der Waals surface area contributed by atoms with E-state index in [9.17, 15) is 19.5 Å². The molecular weight excluding hydrogens is 448 g/mol. The molecule has 0 saturated carbocycles. The smallest absolute Gasteiger partial charge is 0.334 e. The molecule has 10 heteroatoms. The maximum atomic E-state index is 12.7. The highest BCUT2D eigenvalue weighted by Gasteiger charge is 2.30. The van der Waals surface area contributed by atoms with Crippen molar-refractivity contribution in [1.82, 2.24) is 0 Å². The van der Waals surface area contributed by atoms with Crippen molar-refractivity contribution in [3.63, 3.8) is 0 Å². The van der Waals surface area contributed by atoms with Crippen molar-refractivity contribution in [2.45, 2.75) is 0 Å². The van der Waals surface area contributed by atoms with Gasteiger partial charge in [-0.2, -0.15) is 0 Å². The molecule has 1 aromatic carbocycles. The van der Waals surface area contributed by atoms with E-state index in [0.717, 1.165) is 0 Å². The maximum Gasteiger partial charge on any atom is 0.334 e. The number of hydrogen-bond donors (Lipinski definition) is 1. The lowest BCUT2D eigenvalue weighted by atomic mass is 9.92. The number of allylic oxidation sites excluding steroid dienone is 3. The lowest BCUT2D eigenvalue weighted by molar-refractivity contribution is -0.145. The standard InChI is InChI=1S/C24H26O10/c1-29-17-9-13(10-18(30-2)21(17)25)7-15(23(27)33-5)16(24(28)34-6)8-14-11-19(31-3)22(26)20(12-14)32-4/h7-12,15,26H,1-6H3/b16-8+/t15-/m0/s1. The van der Waals surface area contributed by atoms with Gasteiger partial charge in [0.1, 0.15) is 5.92 Å². The zero-order chi connectivity index (χ0) is 25.4. The second-order valence-electron chi connectivity index (χ2n) is 6.79. The van der Waals surface area contributed by atoms with Crippen LogP contribution in [0.3, 0.4) is 0 Å². The summed E-state index contributed by atoms with van der Waals surface area (Å²) in [5.41, 5.74) is 0.645. The zero-order valence-electron chi connectivity index (χ0n) is 19.7. The molecule has 0 amide bonds. The molecule has 0 fully saturated rings. The minimum absolute atomic E-state index is 0.00850. The first-order valence-electron chi connectivity index (χ1n) is 9.85. The summed E-state index contributed by atoms with van der Waals surface area (Å²) < 4.78 is 30.3. The second-order valence-corrected chi connectivity index (χ2v) is 6.79. The molecule has 0 bridgehead atoms. The molecular formula is C24H26O10. The molecule has 0 saturated heterocycles. The summed E-state index contributed by atoms with van der Waals surface area (Å²) in [6, 6.07) is 2.90. The molecule has 0 unspecified atom stereocenters. The van der Waals surface area contributed by atoms with Gasteiger partial charge >= 0.3 is 11.9 Å². The van der Waals surface area contributed by atoms with Crippen LogP contribution >= 0.6 is 0 Å². The maximum absolute atomic E-state index is 12.7. The molecule has 0 aromatic heterocycles. The number of phenols is 1. The Kier molecular flexibility index (Phi) is 8.88. The number of phenolic OH excluding ortho intramolecular Hbond substituents is 1. The molecule has 182 valence electrons. The van der Waals surface area contributed by atoms with Crippen molar-refractivity contribution >= 4 is 23.8 Å². The molecule has 1 N–H and O–H groups in total. The van der Waals surface area contributed by atoms with E-state index in [-0.39, 0.29) is 34.3 Å². The van der Waals surface area contributed by atoms with E-state index < -0.39 is 23.6 Å². The number of benzene rings is 1. The Bertz CT molecular complexity index is 1040. The molecule has 0 heterocycles. The summed E-state index contributed by atoms with van der Waals surface area (Å²) in [6.07, 6.45) is 5.60. The van der Waals surface area contributed by atoms with Gasteiger partial charge in [0, 0.05) is 0 Å². The molecule has 1 aliphatic carbocycles. The number of hydrogen-bond acceptors (Lipinski definition) is 10. The van der Waals surface area contributed by atoms with Crippen molar-refractivity contribution < 1.29 is 47.9 Å². The Labute approximate surface area is 196 Å². The number of carbonyl (C=O) groups excluding carboxylic acids is 3. The highest BCUT2D eigenvalue weighted by atomic mass is 16.5. The number of carbonyl (C=O) groups is 3. The predicted molar refractivity (Wildman–Crippen MR) is 120 cm³/mol. The first-order chi connectivity index (χ1) is 16.2. The van der Waals surface area contributed by atoms with Crippen LogP contribution in [0.2, 0.25) is 0 Å². The minimum atomic E-state index is -1.24. The molecule has 0 spiro atoms. The molecule has 1 aromatic rings. The van der Waals surface area contributed by atoms with Gasteiger partial charge in [-0.3, -0.25) is 9.59 Å². The van der Waals surface area contributed by atoms with E-state index in [1.54, 1.807) is 0 Å². The highest BCUT2D eigenvalue weighted by molar-refractivity contribution is 6.07. The van der Waals surface area contributed by atoms with E-state index in [1.165, 1.54) is 79.1 Å². The van der Waals surface area contributed by atoms with Crippen LogP contribution < -0.4 is 9.47 Å². The Morgan fingerprint density at radius 2 is 1.38 bits per heavy atom. The summed E-state index contributed by atoms with van der Waals surface area (Å²) in [5, 5.41) is 10.2. The Hall–Kier alpha value is -4.21. The van der Waals surface area contributed by atoms with Crippen molar-refractivity contribution in [1.29, 1.82) is 0 Å². The topological polar surface area (TPSA) is 127 Å². The van der Waals surface area contributed by atoms with Crippen molar-refractivity contribution in [3.8, 4) is 17.2 Å². The number of aromatic hydroxyl groups is 1. The average molecular weight is 474 g/mol. The Balaban J connectivity index is 2.73. The van der Waals surface area contributed by atoms with Gasteiger partial charge in [0.15, 0.2) is 23.0 Å². The molecule has 0 aliphatic heterocycles. The van der Waals surface area contributed by atoms with Gasteiger partial charge in [0.25, 0.3) is 5.78 Å². The third kappa shape index (κ3) is 5.58. The number of ketones is 1. The summed E-state index contributed by atoms with van der Waals surface area (Å²) in [7, 11) is 7.70. The van der Waals surface area contributed by atoms with E-state index in [1.807, 2.05) is 0 Å². The van der Waals surface area contributed by atoms with Gasteiger partial charge in [-0.1, -0.05) is 6.08 Å². The normalized spacial score (nSPS) is 14.4. The second kappa shape index (κ2) is 11.6. The lowest BCUT2D eigenvalue weighted by Gasteiger charge is -2.17. The monoisotopic (exact) mass is 474 g/mol. The number of Topliss-reactive ketones (excluding diaryl/α,β-unsaturated/α-hetero) is 1. The number of methoxy groups -OCH3 is 6. The van der Waals surface area contributed by atoms with Crippen LogP contribution in [0.1, 0.15) is 5.56 Å². The minimum Gasteiger partial charge on any atom is -0.502 e. The number of esters is 2. The van der Waals surface area contributed by atoms with Crippen LogP contribution in [-0.2, 0) is 33.3 Å². The summed E-state index contributed by atoms with van der Waals surface area (Å²) >= 11 is 0. The van der Waals surface area contributed by atoms with E-state index in [0.29, 0.717) is 11.1 Å². The Morgan fingerprint density at radius 1 is 0.853 bits per heavy atom. The quantitative estimate of drug-likeness (QED) is 0.421. The summed E-state index contributed by atoms with van der Waals surface area (Å²) in [6.45, 7) is 0. The van der Waals surface area contributed by atoms with Crippen LogP contribution in [0.4, 0.5) is 0 Å². The van der Waals surface area contributed by atoms with Crippen LogP contribution in [0.25, 0.3) is 6.08 Å². The number of rotatable bonds is 9. The van der Waals surface area contributed by atoms with Crippen molar-refractivity contribution in [2.75, 3.05) is 42.7 Å². The Morgan fingerprint density at radius 3 is 1.79 bits per heavy atom. The largest absolute Gasteiger partial charge is 0.502 e. The number of ether oxygens (including phenoxy) is 6.